The molecule has 0 saturated carbocycles. The van der Waals surface area contributed by atoms with E-state index in [1.807, 2.05) is 0 Å². The first-order valence-electron chi connectivity index (χ1n) is 10.8. The van der Waals surface area contributed by atoms with Crippen LogP contribution >= 0.6 is 7.75 Å². The molecule has 0 aromatic carbocycles. The molecule has 188 valence electrons. The number of alkyl halides is 1. The van der Waals surface area contributed by atoms with Crippen molar-refractivity contribution in [3.63, 3.8) is 0 Å². The van der Waals surface area contributed by atoms with Crippen molar-refractivity contribution < 1.29 is 37.0 Å². The Kier molecular flexibility index (Phi) is 6.55. The molecule has 2 aromatic rings. The highest BCUT2D eigenvalue weighted by Crippen LogP contribution is 2.57. The molecule has 0 amide bonds. The van der Waals surface area contributed by atoms with Crippen LogP contribution in [0.4, 0.5) is 10.3 Å². The van der Waals surface area contributed by atoms with Crippen molar-refractivity contribution in [1.29, 1.82) is 0 Å². The normalized spacial score (nSPS) is 32.0. The Morgan fingerprint density at radius 3 is 2.85 bits per heavy atom. The van der Waals surface area contributed by atoms with Crippen molar-refractivity contribution in [2.24, 2.45) is 0 Å². The maximum Gasteiger partial charge on any atom is 0.406 e. The smallest absolute Gasteiger partial charge is 0.406 e. The second-order valence-electron chi connectivity index (χ2n) is 8.48. The van der Waals surface area contributed by atoms with E-state index in [-0.39, 0.29) is 35.7 Å². The molecule has 4 heterocycles. The van der Waals surface area contributed by atoms with E-state index in [1.54, 1.807) is 20.8 Å². The van der Waals surface area contributed by atoms with Crippen molar-refractivity contribution in [1.82, 2.24) is 24.6 Å². The molecule has 3 N–H and O–H groups in total. The lowest BCUT2D eigenvalue weighted by Gasteiger charge is -2.35. The van der Waals surface area contributed by atoms with Crippen molar-refractivity contribution in [2.75, 3.05) is 18.9 Å². The van der Waals surface area contributed by atoms with Gasteiger partial charge in [0.2, 0.25) is 11.8 Å². The summed E-state index contributed by atoms with van der Waals surface area (Å²) in [6, 6.07) is -1.01. The van der Waals surface area contributed by atoms with Crippen LogP contribution in [-0.2, 0) is 27.9 Å². The van der Waals surface area contributed by atoms with E-state index in [0.29, 0.717) is 6.61 Å². The summed E-state index contributed by atoms with van der Waals surface area (Å²) in [6.07, 6.45) is -2.44. The Balaban J connectivity index is 1.58. The van der Waals surface area contributed by atoms with Gasteiger partial charge >= 0.3 is 13.7 Å². The van der Waals surface area contributed by atoms with Crippen LogP contribution in [0.1, 0.15) is 40.8 Å². The lowest BCUT2D eigenvalue weighted by atomic mass is 9.98. The molecule has 15 heteroatoms. The van der Waals surface area contributed by atoms with Gasteiger partial charge in [-0.05, 0) is 34.6 Å². The highest BCUT2D eigenvalue weighted by atomic mass is 31.2. The summed E-state index contributed by atoms with van der Waals surface area (Å²) in [5.74, 6) is -0.560. The first-order chi connectivity index (χ1) is 15.9. The number of esters is 1. The maximum atomic E-state index is 16.2. The minimum absolute atomic E-state index is 0.0794. The molecule has 2 saturated heterocycles. The molecule has 34 heavy (non-hydrogen) atoms. The summed E-state index contributed by atoms with van der Waals surface area (Å²) < 4.78 is 58.1. The van der Waals surface area contributed by atoms with E-state index >= 15 is 4.39 Å². The zero-order chi connectivity index (χ0) is 24.8. The van der Waals surface area contributed by atoms with Crippen molar-refractivity contribution in [3.8, 4) is 5.88 Å². The van der Waals surface area contributed by atoms with Crippen LogP contribution in [0.2, 0.25) is 0 Å². The Morgan fingerprint density at radius 2 is 2.18 bits per heavy atom. The van der Waals surface area contributed by atoms with Crippen LogP contribution in [0.15, 0.2) is 6.33 Å². The van der Waals surface area contributed by atoms with Gasteiger partial charge in [-0.1, -0.05) is 0 Å². The number of ether oxygens (including phenoxy) is 3. The summed E-state index contributed by atoms with van der Waals surface area (Å²) in [7, 11) is -4.05. The van der Waals surface area contributed by atoms with Gasteiger partial charge in [-0.15, -0.1) is 0 Å². The second kappa shape index (κ2) is 9.00. The largest absolute Gasteiger partial charge is 0.476 e. The van der Waals surface area contributed by atoms with E-state index in [9.17, 15) is 9.36 Å². The number of nitrogens with one attached hydrogen (secondary N) is 1. The number of nitrogens with zero attached hydrogens (tertiary/aromatic N) is 4. The Bertz CT molecular complexity index is 1130. The molecule has 2 aliphatic heterocycles. The summed E-state index contributed by atoms with van der Waals surface area (Å²) in [5, 5.41) is 2.50. The Hall–Kier alpha value is -2.38. The fourth-order valence-electron chi connectivity index (χ4n) is 3.87. The molecule has 4 rings (SSSR count). The predicted octanol–water partition coefficient (Wildman–Crippen LogP) is 1.89. The first kappa shape index (κ1) is 24.7. The van der Waals surface area contributed by atoms with Gasteiger partial charge in [0.15, 0.2) is 23.1 Å². The third-order valence-electron chi connectivity index (χ3n) is 5.34. The van der Waals surface area contributed by atoms with Gasteiger partial charge in [-0.25, -0.2) is 19.0 Å². The molecule has 0 radical (unpaired) electrons. The maximum absolute atomic E-state index is 16.2. The number of rotatable bonds is 7. The minimum Gasteiger partial charge on any atom is -0.476 e. The quantitative estimate of drug-likeness (QED) is 0.418. The summed E-state index contributed by atoms with van der Waals surface area (Å²) in [6.45, 7) is 7.94. The summed E-state index contributed by atoms with van der Waals surface area (Å²) in [4.78, 5) is 24.5. The fraction of sp³-hybridized carbons (Fsp3) is 0.684. The van der Waals surface area contributed by atoms with Crippen LogP contribution in [0, 0.1) is 0 Å². The van der Waals surface area contributed by atoms with Crippen molar-refractivity contribution >= 4 is 30.8 Å². The topological polar surface area (TPSA) is 162 Å². The van der Waals surface area contributed by atoms with Crippen molar-refractivity contribution in [3.05, 3.63) is 6.33 Å². The number of carbonyl (C=O) groups excluding carboxylic acids is 1. The molecule has 2 aliphatic rings. The highest BCUT2D eigenvalue weighted by Gasteiger charge is 2.61. The van der Waals surface area contributed by atoms with Gasteiger partial charge in [0.1, 0.15) is 18.2 Å². The standard InChI is InChI=1S/C19H28FN6O7P/c1-6-29-15-12-14(23-18(21)24-15)26(8-22-12)17-19(5,20)13-11(32-17)7-30-34(28,33-13)25-10(4)16(27)31-9(2)3/h8-11,13,17H,6-7H2,1-5H3,(H,25,28)(H2,21,23,24)/t10?,11-,13-,17-,19-,34+/m1/s1. The number of hydrogen-bond acceptors (Lipinski definition) is 11. The van der Waals surface area contributed by atoms with Gasteiger partial charge in [-0.2, -0.15) is 9.97 Å². The van der Waals surface area contributed by atoms with E-state index in [0.717, 1.165) is 0 Å². The number of halogens is 1. The van der Waals surface area contributed by atoms with E-state index < -0.39 is 43.9 Å². The summed E-state index contributed by atoms with van der Waals surface area (Å²) >= 11 is 0. The number of nitrogens with two attached hydrogens (primary N) is 1. The zero-order valence-electron chi connectivity index (χ0n) is 19.4. The fourth-order valence-corrected chi connectivity index (χ4v) is 5.63. The Morgan fingerprint density at radius 1 is 1.44 bits per heavy atom. The van der Waals surface area contributed by atoms with Crippen LogP contribution in [0.25, 0.3) is 11.2 Å². The molecular weight excluding hydrogens is 474 g/mol. The number of hydrogen-bond donors (Lipinski definition) is 2. The zero-order valence-corrected chi connectivity index (χ0v) is 20.3. The molecule has 0 aliphatic carbocycles. The molecular formula is C19H28FN6O7P. The highest BCUT2D eigenvalue weighted by molar-refractivity contribution is 7.51. The van der Waals surface area contributed by atoms with Gasteiger partial charge in [0.25, 0.3) is 0 Å². The van der Waals surface area contributed by atoms with E-state index in [4.69, 9.17) is 29.0 Å². The number of fused-ring (bicyclic) bond motifs is 2. The minimum atomic E-state index is -4.05. The van der Waals surface area contributed by atoms with Crippen LogP contribution in [0.3, 0.4) is 0 Å². The average Bonchev–Trinajstić information content (AvgIpc) is 3.25. The van der Waals surface area contributed by atoms with Crippen LogP contribution in [0.5, 0.6) is 5.88 Å². The molecule has 13 nitrogen and oxygen atoms in total. The van der Waals surface area contributed by atoms with Gasteiger partial charge in [-0.3, -0.25) is 18.4 Å². The van der Waals surface area contributed by atoms with Crippen LogP contribution in [-0.4, -0.2) is 68.7 Å². The third-order valence-corrected chi connectivity index (χ3v) is 7.04. The van der Waals surface area contributed by atoms with Gasteiger partial charge in [0, 0.05) is 0 Å². The lowest BCUT2D eigenvalue weighted by molar-refractivity contribution is -0.149. The number of anilines is 1. The lowest BCUT2D eigenvalue weighted by Crippen LogP contribution is -2.47. The predicted molar refractivity (Wildman–Crippen MR) is 117 cm³/mol. The molecule has 0 spiro atoms. The first-order valence-corrected chi connectivity index (χ1v) is 12.4. The number of aromatic nitrogens is 4. The van der Waals surface area contributed by atoms with E-state index in [2.05, 4.69) is 20.0 Å². The monoisotopic (exact) mass is 502 g/mol. The SMILES string of the molecule is CCOc1nc(N)nc2c1ncn2[C@@H]1O[C@@H]2CO[P@@](=O)(NC(C)C(=O)OC(C)C)O[C@H]2[C@@]1(C)F. The average molecular weight is 502 g/mol. The molecule has 2 fully saturated rings. The molecule has 2 aromatic heterocycles. The summed E-state index contributed by atoms with van der Waals surface area (Å²) in [5.41, 5.74) is 4.10. The second-order valence-corrected chi connectivity index (χ2v) is 10.2. The van der Waals surface area contributed by atoms with Gasteiger partial charge < -0.3 is 19.9 Å². The van der Waals surface area contributed by atoms with E-state index in [1.165, 1.54) is 24.7 Å². The Labute approximate surface area is 195 Å². The third kappa shape index (κ3) is 4.48. The van der Waals surface area contributed by atoms with Gasteiger partial charge in [0.05, 0.1) is 25.6 Å². The van der Waals surface area contributed by atoms with Crippen molar-refractivity contribution in [2.45, 2.75) is 70.9 Å². The van der Waals surface area contributed by atoms with Crippen LogP contribution < -0.4 is 15.6 Å². The molecule has 1 unspecified atom stereocenters. The number of imidazole rings is 1. The molecule has 0 bridgehead atoms. The number of nitrogen functional groups attached to an aromatic ring is 1. The molecule has 6 atom stereocenters. The number of carbonyl (C=O) groups is 1.